The fourth-order valence-corrected chi connectivity index (χ4v) is 3.21. The highest BCUT2D eigenvalue weighted by molar-refractivity contribution is 7.90. The molecule has 3 aromatic rings. The molecule has 0 aliphatic carbocycles. The van der Waals surface area contributed by atoms with E-state index in [1.54, 1.807) is 31.4 Å². The number of aromatic nitrogens is 2. The molecule has 25 heavy (non-hydrogen) atoms. The van der Waals surface area contributed by atoms with E-state index in [0.29, 0.717) is 16.5 Å². The Bertz CT molecular complexity index is 1110. The number of hydrogen-bond donors (Lipinski definition) is 2. The second kappa shape index (κ2) is 6.21. The monoisotopic (exact) mass is 359 g/mol. The zero-order valence-corrected chi connectivity index (χ0v) is 14.6. The summed E-state index contributed by atoms with van der Waals surface area (Å²) in [6.07, 6.45) is 4.26. The van der Waals surface area contributed by atoms with Crippen LogP contribution in [0.2, 0.25) is 0 Å². The number of sulfone groups is 1. The molecule has 1 aromatic carbocycles. The van der Waals surface area contributed by atoms with Crippen LogP contribution in [0.4, 0.5) is 0 Å². The van der Waals surface area contributed by atoms with Gasteiger partial charge in [0, 0.05) is 37.6 Å². The van der Waals surface area contributed by atoms with Crippen molar-refractivity contribution in [1.82, 2.24) is 14.9 Å². The van der Waals surface area contributed by atoms with Crippen LogP contribution in [0.1, 0.15) is 15.9 Å². The van der Waals surface area contributed by atoms with Crippen LogP contribution in [-0.4, -0.2) is 30.1 Å². The van der Waals surface area contributed by atoms with Crippen molar-refractivity contribution in [3.63, 3.8) is 0 Å². The summed E-state index contributed by atoms with van der Waals surface area (Å²) in [5.41, 5.74) is 1.35. The van der Waals surface area contributed by atoms with Gasteiger partial charge in [-0.1, -0.05) is 12.1 Å². The predicted octanol–water partition coefficient (Wildman–Crippen LogP) is 1.20. The van der Waals surface area contributed by atoms with Gasteiger partial charge in [-0.2, -0.15) is 0 Å². The molecular formula is C17H17N3O4S. The number of hydrogen-bond acceptors (Lipinski definition) is 4. The lowest BCUT2D eigenvalue weighted by Crippen LogP contribution is -2.26. The van der Waals surface area contributed by atoms with Gasteiger partial charge in [0.15, 0.2) is 9.84 Å². The van der Waals surface area contributed by atoms with Gasteiger partial charge >= 0.3 is 0 Å². The van der Waals surface area contributed by atoms with E-state index in [2.05, 4.69) is 10.3 Å². The van der Waals surface area contributed by atoms with Crippen molar-refractivity contribution in [3.05, 3.63) is 64.2 Å². The molecule has 0 saturated heterocycles. The minimum Gasteiger partial charge on any atom is -0.357 e. The summed E-state index contributed by atoms with van der Waals surface area (Å²) in [7, 11) is -1.66. The molecule has 7 nitrogen and oxygen atoms in total. The van der Waals surface area contributed by atoms with Crippen LogP contribution >= 0.6 is 0 Å². The molecule has 0 spiro atoms. The molecule has 0 unspecified atom stereocenters. The summed E-state index contributed by atoms with van der Waals surface area (Å²) >= 11 is 0. The second-order valence-corrected chi connectivity index (χ2v) is 7.84. The van der Waals surface area contributed by atoms with Crippen molar-refractivity contribution >= 4 is 26.6 Å². The Balaban J connectivity index is 1.81. The number of pyridine rings is 1. The van der Waals surface area contributed by atoms with Gasteiger partial charge in [-0.15, -0.1) is 0 Å². The number of carbonyl (C=O) groups is 1. The highest BCUT2D eigenvalue weighted by Crippen LogP contribution is 2.14. The maximum Gasteiger partial charge on any atom is 0.274 e. The van der Waals surface area contributed by atoms with E-state index in [4.69, 9.17) is 0 Å². The Hall–Kier alpha value is -2.87. The fourth-order valence-electron chi connectivity index (χ4n) is 2.58. The van der Waals surface area contributed by atoms with Crippen molar-refractivity contribution in [1.29, 1.82) is 0 Å². The summed E-state index contributed by atoms with van der Waals surface area (Å²) in [4.78, 5) is 27.6. The van der Waals surface area contributed by atoms with Crippen molar-refractivity contribution < 1.29 is 13.2 Å². The quantitative estimate of drug-likeness (QED) is 0.731. The van der Waals surface area contributed by atoms with Gasteiger partial charge in [0.1, 0.15) is 5.52 Å². The van der Waals surface area contributed by atoms with Crippen molar-refractivity contribution in [3.8, 4) is 0 Å². The third kappa shape index (κ3) is 3.34. The first kappa shape index (κ1) is 17.0. The van der Waals surface area contributed by atoms with Crippen molar-refractivity contribution in [2.24, 2.45) is 7.05 Å². The average molecular weight is 359 g/mol. The van der Waals surface area contributed by atoms with Gasteiger partial charge in [0.05, 0.1) is 10.5 Å². The third-order valence-electron chi connectivity index (χ3n) is 3.94. The molecule has 0 bridgehead atoms. The van der Waals surface area contributed by atoms with E-state index in [1.807, 2.05) is 0 Å². The van der Waals surface area contributed by atoms with Gasteiger partial charge in [-0.3, -0.25) is 9.59 Å². The number of H-pyrrole nitrogens is 1. The Morgan fingerprint density at radius 1 is 1.20 bits per heavy atom. The summed E-state index contributed by atoms with van der Waals surface area (Å²) in [5, 5.41) is 3.35. The van der Waals surface area contributed by atoms with E-state index >= 15 is 0 Å². The molecule has 0 atom stereocenters. The molecule has 130 valence electrons. The van der Waals surface area contributed by atoms with E-state index in [9.17, 15) is 18.0 Å². The number of carbonyl (C=O) groups excluding carboxylic acids is 1. The molecular weight excluding hydrogens is 342 g/mol. The highest BCUT2D eigenvalue weighted by atomic mass is 32.2. The van der Waals surface area contributed by atoms with Gasteiger partial charge in [0.2, 0.25) is 0 Å². The topological polar surface area (TPSA) is 101 Å². The van der Waals surface area contributed by atoms with E-state index < -0.39 is 9.84 Å². The van der Waals surface area contributed by atoms with Crippen LogP contribution in [-0.2, 0) is 23.4 Å². The van der Waals surface area contributed by atoms with Gasteiger partial charge in [-0.25, -0.2) is 8.42 Å². The zero-order chi connectivity index (χ0) is 18.2. The molecule has 1 amide bonds. The number of aromatic amines is 1. The lowest BCUT2D eigenvalue weighted by atomic mass is 10.1. The maximum atomic E-state index is 12.5. The number of fused-ring (bicyclic) bond motifs is 1. The Morgan fingerprint density at radius 3 is 2.52 bits per heavy atom. The number of benzene rings is 1. The van der Waals surface area contributed by atoms with E-state index in [0.717, 1.165) is 11.8 Å². The SMILES string of the molecule is Cn1cc(C(=O)NCc2ccc(S(C)(=O)=O)cc2)c2cc[nH]c2c1=O. The summed E-state index contributed by atoms with van der Waals surface area (Å²) in [6.45, 7) is 0.248. The van der Waals surface area contributed by atoms with Crippen LogP contribution in [0.3, 0.4) is 0 Å². The van der Waals surface area contributed by atoms with Gasteiger partial charge in [-0.05, 0) is 23.8 Å². The van der Waals surface area contributed by atoms with Crippen molar-refractivity contribution in [2.75, 3.05) is 6.26 Å². The largest absolute Gasteiger partial charge is 0.357 e. The number of amides is 1. The van der Waals surface area contributed by atoms with Crippen LogP contribution in [0.5, 0.6) is 0 Å². The molecule has 3 rings (SSSR count). The van der Waals surface area contributed by atoms with Crippen LogP contribution in [0, 0.1) is 0 Å². The van der Waals surface area contributed by atoms with Gasteiger partial charge < -0.3 is 14.9 Å². The fraction of sp³-hybridized carbons (Fsp3) is 0.176. The molecule has 2 N–H and O–H groups in total. The average Bonchev–Trinajstić information content (AvgIpc) is 3.05. The number of nitrogens with one attached hydrogen (secondary N) is 2. The number of rotatable bonds is 4. The lowest BCUT2D eigenvalue weighted by molar-refractivity contribution is 0.0952. The molecule has 0 saturated carbocycles. The molecule has 2 heterocycles. The summed E-state index contributed by atoms with van der Waals surface area (Å²) in [5.74, 6) is -0.313. The lowest BCUT2D eigenvalue weighted by Gasteiger charge is -2.09. The van der Waals surface area contributed by atoms with Crippen LogP contribution in [0.15, 0.2) is 52.4 Å². The minimum atomic E-state index is -3.24. The molecule has 0 aliphatic rings. The first-order chi connectivity index (χ1) is 11.8. The van der Waals surface area contributed by atoms with Crippen molar-refractivity contribution in [2.45, 2.75) is 11.4 Å². The molecule has 0 aliphatic heterocycles. The molecule has 2 aromatic heterocycles. The first-order valence-electron chi connectivity index (χ1n) is 7.51. The maximum absolute atomic E-state index is 12.5. The normalized spacial score (nSPS) is 11.6. The van der Waals surface area contributed by atoms with Crippen LogP contribution < -0.4 is 10.9 Å². The Morgan fingerprint density at radius 2 is 1.88 bits per heavy atom. The zero-order valence-electron chi connectivity index (χ0n) is 13.7. The smallest absolute Gasteiger partial charge is 0.274 e. The van der Waals surface area contributed by atoms with Crippen LogP contribution in [0.25, 0.3) is 10.9 Å². The minimum absolute atomic E-state index is 0.201. The summed E-state index contributed by atoms with van der Waals surface area (Å²) in [6, 6.07) is 8.01. The second-order valence-electron chi connectivity index (χ2n) is 5.82. The summed E-state index contributed by atoms with van der Waals surface area (Å²) < 4.78 is 24.3. The predicted molar refractivity (Wildman–Crippen MR) is 94.3 cm³/mol. The third-order valence-corrected chi connectivity index (χ3v) is 5.07. The van der Waals surface area contributed by atoms with Gasteiger partial charge in [0.25, 0.3) is 11.5 Å². The number of aryl methyl sites for hydroxylation is 1. The van der Waals surface area contributed by atoms with E-state index in [1.165, 1.54) is 22.9 Å². The Kier molecular flexibility index (Phi) is 4.22. The van der Waals surface area contributed by atoms with E-state index in [-0.39, 0.29) is 22.9 Å². The molecule has 0 fully saturated rings. The molecule has 8 heteroatoms. The first-order valence-corrected chi connectivity index (χ1v) is 9.40. The molecule has 0 radical (unpaired) electrons. The number of nitrogens with zero attached hydrogens (tertiary/aromatic N) is 1. The Labute approximate surface area is 144 Å². The standard InChI is InChI=1S/C17H17N3O4S/c1-20-10-14(13-7-8-18-15(13)17(20)22)16(21)19-9-11-3-5-12(6-4-11)25(2,23)24/h3-8,10,18H,9H2,1-2H3,(H,19,21). The highest BCUT2D eigenvalue weighted by Gasteiger charge is 2.14.